The van der Waals surface area contributed by atoms with E-state index in [4.69, 9.17) is 11.6 Å². The van der Waals surface area contributed by atoms with Gasteiger partial charge in [0.1, 0.15) is 5.82 Å². The first-order valence-corrected chi connectivity index (χ1v) is 8.20. The summed E-state index contributed by atoms with van der Waals surface area (Å²) in [5, 5.41) is 10.4. The topological polar surface area (TPSA) is 20.2 Å². The molecule has 1 atom stereocenters. The lowest BCUT2D eigenvalue weighted by atomic mass is 10.1. The molecule has 0 spiro atoms. The van der Waals surface area contributed by atoms with Crippen molar-refractivity contribution < 1.29 is 9.50 Å². The van der Waals surface area contributed by atoms with Gasteiger partial charge in [-0.2, -0.15) is 0 Å². The fraction of sp³-hybridized carbons (Fsp3) is 0.200. The first kappa shape index (κ1) is 15.8. The Kier molecular flexibility index (Phi) is 5.90. The molecule has 0 aromatic heterocycles. The van der Waals surface area contributed by atoms with E-state index in [1.165, 1.54) is 12.1 Å². The number of aliphatic hydroxyl groups excluding tert-OH is 1. The lowest BCUT2D eigenvalue weighted by Crippen LogP contribution is -2.13. The van der Waals surface area contributed by atoms with Crippen LogP contribution in [0.3, 0.4) is 0 Å². The van der Waals surface area contributed by atoms with Crippen molar-refractivity contribution in [3.63, 3.8) is 0 Å². The summed E-state index contributed by atoms with van der Waals surface area (Å²) in [6, 6.07) is 12.1. The van der Waals surface area contributed by atoms with Crippen molar-refractivity contribution in [2.75, 3.05) is 5.75 Å². The van der Waals surface area contributed by atoms with E-state index in [1.807, 2.05) is 24.3 Å². The molecule has 1 nitrogen and oxygen atoms in total. The predicted molar refractivity (Wildman–Crippen MR) is 86.0 cm³/mol. The lowest BCUT2D eigenvalue weighted by Gasteiger charge is -2.11. The summed E-state index contributed by atoms with van der Waals surface area (Å²) in [5.74, 6) is 0.196. The van der Waals surface area contributed by atoms with Crippen molar-refractivity contribution in [3.8, 4) is 0 Å². The first-order valence-electron chi connectivity index (χ1n) is 6.05. The molecule has 0 amide bonds. The zero-order chi connectivity index (χ0) is 14.5. The van der Waals surface area contributed by atoms with Gasteiger partial charge < -0.3 is 5.11 Å². The summed E-state index contributed by atoms with van der Waals surface area (Å²) in [4.78, 5) is 1.09. The van der Waals surface area contributed by atoms with Gasteiger partial charge in [-0.15, -0.1) is 11.8 Å². The third kappa shape index (κ3) is 4.77. The number of thioether (sulfide) groups is 1. The molecule has 106 valence electrons. The summed E-state index contributed by atoms with van der Waals surface area (Å²) in [6.07, 6.45) is -0.109. The highest BCUT2D eigenvalue weighted by molar-refractivity contribution is 9.10. The highest BCUT2D eigenvalue weighted by Crippen LogP contribution is 2.24. The minimum Gasteiger partial charge on any atom is -0.392 e. The van der Waals surface area contributed by atoms with Crippen molar-refractivity contribution in [1.82, 2.24) is 0 Å². The van der Waals surface area contributed by atoms with Crippen LogP contribution in [0, 0.1) is 5.82 Å². The molecule has 2 aromatic carbocycles. The second-order valence-corrected chi connectivity index (χ2v) is 6.78. The lowest BCUT2D eigenvalue weighted by molar-refractivity contribution is 0.200. The van der Waals surface area contributed by atoms with Gasteiger partial charge in [-0.05, 0) is 35.9 Å². The Bertz CT molecular complexity index is 594. The van der Waals surface area contributed by atoms with Crippen LogP contribution in [-0.2, 0) is 6.42 Å². The van der Waals surface area contributed by atoms with Crippen LogP contribution in [-0.4, -0.2) is 17.0 Å². The minimum atomic E-state index is -0.526. The molecule has 0 heterocycles. The zero-order valence-electron chi connectivity index (χ0n) is 10.5. The molecular formula is C15H13BrClFOS. The van der Waals surface area contributed by atoms with E-state index >= 15 is 0 Å². The molecule has 1 unspecified atom stereocenters. The van der Waals surface area contributed by atoms with Gasteiger partial charge in [-0.3, -0.25) is 0 Å². The molecule has 0 aliphatic carbocycles. The Morgan fingerprint density at radius 3 is 2.75 bits per heavy atom. The highest BCUT2D eigenvalue weighted by Gasteiger charge is 2.10. The van der Waals surface area contributed by atoms with Crippen LogP contribution >= 0.6 is 39.3 Å². The van der Waals surface area contributed by atoms with Gasteiger partial charge in [0.15, 0.2) is 0 Å². The maximum absolute atomic E-state index is 12.9. The van der Waals surface area contributed by atoms with E-state index < -0.39 is 6.10 Å². The molecule has 0 aliphatic rings. The fourth-order valence-corrected chi connectivity index (χ4v) is 3.43. The third-order valence-corrected chi connectivity index (χ3v) is 4.69. The molecule has 2 aromatic rings. The molecule has 20 heavy (non-hydrogen) atoms. The number of halogens is 3. The van der Waals surface area contributed by atoms with Crippen molar-refractivity contribution >= 4 is 39.3 Å². The Morgan fingerprint density at radius 2 is 2.05 bits per heavy atom. The Labute approximate surface area is 135 Å². The van der Waals surface area contributed by atoms with Gasteiger partial charge in [0.2, 0.25) is 0 Å². The largest absolute Gasteiger partial charge is 0.392 e. The second-order valence-electron chi connectivity index (χ2n) is 4.36. The fourth-order valence-electron chi connectivity index (χ4n) is 1.75. The minimum absolute atomic E-state index is 0.358. The number of benzene rings is 2. The Morgan fingerprint density at radius 1 is 1.25 bits per heavy atom. The summed E-state index contributed by atoms with van der Waals surface area (Å²) in [6.45, 7) is 0. The summed E-state index contributed by atoms with van der Waals surface area (Å²) >= 11 is 10.9. The quantitative estimate of drug-likeness (QED) is 0.747. The zero-order valence-corrected chi connectivity index (χ0v) is 13.7. The van der Waals surface area contributed by atoms with Gasteiger partial charge in [0.25, 0.3) is 0 Å². The molecule has 0 radical (unpaired) electrons. The molecule has 0 bridgehead atoms. The van der Waals surface area contributed by atoms with E-state index in [1.54, 1.807) is 17.8 Å². The maximum Gasteiger partial charge on any atom is 0.124 e. The normalized spacial score (nSPS) is 12.4. The molecule has 2 rings (SSSR count). The van der Waals surface area contributed by atoms with Crippen LogP contribution in [0.1, 0.15) is 5.56 Å². The van der Waals surface area contributed by atoms with Crippen LogP contribution in [0.5, 0.6) is 0 Å². The number of rotatable bonds is 5. The standard InChI is InChI=1S/C15H13BrClFOS/c16-11-2-1-3-14(7-11)20-9-13(19)6-10-4-5-12(18)8-15(10)17/h1-5,7-8,13,19H,6,9H2. The van der Waals surface area contributed by atoms with Gasteiger partial charge >= 0.3 is 0 Å². The molecule has 0 aliphatic heterocycles. The number of hydrogen-bond acceptors (Lipinski definition) is 2. The number of aliphatic hydroxyl groups is 1. The van der Waals surface area contributed by atoms with Crippen LogP contribution in [0.15, 0.2) is 51.8 Å². The molecular weight excluding hydrogens is 363 g/mol. The van der Waals surface area contributed by atoms with E-state index in [0.717, 1.165) is 14.9 Å². The molecule has 0 saturated heterocycles. The SMILES string of the molecule is OC(CSc1cccc(Br)c1)Cc1ccc(F)cc1Cl. The maximum atomic E-state index is 12.9. The van der Waals surface area contributed by atoms with Crippen molar-refractivity contribution in [2.24, 2.45) is 0 Å². The van der Waals surface area contributed by atoms with E-state index in [9.17, 15) is 9.50 Å². The highest BCUT2D eigenvalue weighted by atomic mass is 79.9. The van der Waals surface area contributed by atoms with Gasteiger partial charge in [-0.25, -0.2) is 4.39 Å². The Balaban J connectivity index is 1.90. The van der Waals surface area contributed by atoms with Gasteiger partial charge in [-0.1, -0.05) is 39.7 Å². The van der Waals surface area contributed by atoms with E-state index in [0.29, 0.717) is 17.2 Å². The first-order chi connectivity index (χ1) is 9.54. The third-order valence-electron chi connectivity index (χ3n) is 2.71. The van der Waals surface area contributed by atoms with Crippen LogP contribution < -0.4 is 0 Å². The molecule has 5 heteroatoms. The van der Waals surface area contributed by atoms with Crippen LogP contribution in [0.2, 0.25) is 5.02 Å². The number of hydrogen-bond donors (Lipinski definition) is 1. The van der Waals surface area contributed by atoms with Crippen molar-refractivity contribution in [2.45, 2.75) is 17.4 Å². The summed E-state index contributed by atoms with van der Waals surface area (Å²) in [7, 11) is 0. The van der Waals surface area contributed by atoms with Gasteiger partial charge in [0, 0.05) is 26.6 Å². The average Bonchev–Trinajstić information content (AvgIpc) is 2.40. The van der Waals surface area contributed by atoms with E-state index in [2.05, 4.69) is 15.9 Å². The van der Waals surface area contributed by atoms with Crippen molar-refractivity contribution in [3.05, 3.63) is 63.3 Å². The molecule has 0 saturated carbocycles. The Hall–Kier alpha value is -0.550. The second kappa shape index (κ2) is 7.46. The van der Waals surface area contributed by atoms with Crippen LogP contribution in [0.25, 0.3) is 0 Å². The summed E-state index contributed by atoms with van der Waals surface area (Å²) < 4.78 is 13.9. The van der Waals surface area contributed by atoms with Gasteiger partial charge in [0.05, 0.1) is 6.10 Å². The molecule has 0 fully saturated rings. The average molecular weight is 376 g/mol. The monoisotopic (exact) mass is 374 g/mol. The molecule has 1 N–H and O–H groups in total. The van der Waals surface area contributed by atoms with Crippen LogP contribution in [0.4, 0.5) is 4.39 Å². The summed E-state index contributed by atoms with van der Waals surface area (Å²) in [5.41, 5.74) is 0.760. The predicted octanol–water partition coefficient (Wildman–Crippen LogP) is 4.94. The smallest absolute Gasteiger partial charge is 0.124 e. The van der Waals surface area contributed by atoms with E-state index in [-0.39, 0.29) is 5.82 Å². The van der Waals surface area contributed by atoms with Crippen molar-refractivity contribution in [1.29, 1.82) is 0 Å².